The van der Waals surface area contributed by atoms with Gasteiger partial charge in [-0.25, -0.2) is 0 Å². The number of rotatable bonds is 6. The van der Waals surface area contributed by atoms with Crippen LogP contribution in [-0.4, -0.2) is 30.1 Å². The van der Waals surface area contributed by atoms with E-state index < -0.39 is 5.41 Å². The molecule has 0 saturated carbocycles. The second-order valence-electron chi connectivity index (χ2n) is 6.01. The summed E-state index contributed by atoms with van der Waals surface area (Å²) in [5.41, 5.74) is 1.24. The van der Waals surface area contributed by atoms with E-state index in [9.17, 15) is 9.59 Å². The predicted molar refractivity (Wildman–Crippen MR) is 82.9 cm³/mol. The van der Waals surface area contributed by atoms with Crippen LogP contribution in [0.4, 0.5) is 5.69 Å². The number of carbonyl (C=O) groups is 2. The third-order valence-electron chi connectivity index (χ3n) is 2.92. The molecule has 0 aromatic heterocycles. The number of amides is 2. The first-order valence-corrected chi connectivity index (χ1v) is 7.11. The lowest BCUT2D eigenvalue weighted by atomic mass is 9.96. The molecular weight excluding hydrogens is 268 g/mol. The molecule has 0 atom stereocenters. The largest absolute Gasteiger partial charge is 0.396 e. The van der Waals surface area contributed by atoms with Crippen molar-refractivity contribution in [3.63, 3.8) is 0 Å². The maximum atomic E-state index is 11.8. The van der Waals surface area contributed by atoms with Crippen molar-refractivity contribution in [2.45, 2.75) is 33.6 Å². The van der Waals surface area contributed by atoms with E-state index >= 15 is 0 Å². The molecule has 1 aromatic rings. The molecule has 1 rings (SSSR count). The third kappa shape index (κ3) is 6.40. The van der Waals surface area contributed by atoms with Gasteiger partial charge in [0.1, 0.15) is 0 Å². The Morgan fingerprint density at radius 3 is 2.57 bits per heavy atom. The fourth-order valence-corrected chi connectivity index (χ4v) is 1.72. The van der Waals surface area contributed by atoms with Gasteiger partial charge in [0.25, 0.3) is 0 Å². The van der Waals surface area contributed by atoms with Gasteiger partial charge in [0.15, 0.2) is 0 Å². The summed E-state index contributed by atoms with van der Waals surface area (Å²) in [5.74, 6) is -0.416. The molecule has 3 N–H and O–H groups in total. The van der Waals surface area contributed by atoms with E-state index in [1.54, 1.807) is 26.8 Å². The standard InChI is InChI=1S/C16H24N2O3/c1-16(2,3)15(21)17-11-14(20)18-13-8-4-6-12(10-13)7-5-9-19/h4,6,8,10,19H,5,7,9,11H2,1-3H3,(H,17,21)(H,18,20). The molecule has 21 heavy (non-hydrogen) atoms. The van der Waals surface area contributed by atoms with E-state index in [1.165, 1.54) is 0 Å². The zero-order valence-electron chi connectivity index (χ0n) is 12.9. The topological polar surface area (TPSA) is 78.4 Å². The molecule has 0 radical (unpaired) electrons. The van der Waals surface area contributed by atoms with Gasteiger partial charge in [-0.3, -0.25) is 9.59 Å². The summed E-state index contributed by atoms with van der Waals surface area (Å²) < 4.78 is 0. The smallest absolute Gasteiger partial charge is 0.243 e. The van der Waals surface area contributed by atoms with Gasteiger partial charge in [-0.05, 0) is 30.5 Å². The Hall–Kier alpha value is -1.88. The zero-order chi connectivity index (χ0) is 15.9. The Bertz CT molecular complexity index is 493. The summed E-state index contributed by atoms with van der Waals surface area (Å²) >= 11 is 0. The Labute approximate surface area is 125 Å². The number of aliphatic hydroxyl groups is 1. The van der Waals surface area contributed by atoms with Gasteiger partial charge in [-0.15, -0.1) is 0 Å². The highest BCUT2D eigenvalue weighted by molar-refractivity contribution is 5.95. The second-order valence-corrected chi connectivity index (χ2v) is 6.01. The quantitative estimate of drug-likeness (QED) is 0.747. The van der Waals surface area contributed by atoms with Crippen molar-refractivity contribution in [3.05, 3.63) is 29.8 Å². The summed E-state index contributed by atoms with van der Waals surface area (Å²) in [6, 6.07) is 7.48. The number of hydrogen-bond acceptors (Lipinski definition) is 3. The van der Waals surface area contributed by atoms with E-state index in [-0.39, 0.29) is 25.0 Å². The molecule has 0 heterocycles. The van der Waals surface area contributed by atoms with E-state index in [0.717, 1.165) is 12.0 Å². The van der Waals surface area contributed by atoms with Gasteiger partial charge in [0.2, 0.25) is 11.8 Å². The van der Waals surface area contributed by atoms with Crippen molar-refractivity contribution < 1.29 is 14.7 Å². The summed E-state index contributed by atoms with van der Waals surface area (Å²) in [6.07, 6.45) is 1.46. The summed E-state index contributed by atoms with van der Waals surface area (Å²) in [7, 11) is 0. The molecule has 0 fully saturated rings. The first-order valence-electron chi connectivity index (χ1n) is 7.11. The van der Waals surface area contributed by atoms with Crippen molar-refractivity contribution in [3.8, 4) is 0 Å². The van der Waals surface area contributed by atoms with E-state index in [0.29, 0.717) is 12.1 Å². The van der Waals surface area contributed by atoms with Crippen LogP contribution in [0.25, 0.3) is 0 Å². The fourth-order valence-electron chi connectivity index (χ4n) is 1.72. The predicted octanol–water partition coefficient (Wildman–Crippen LogP) is 1.71. The highest BCUT2D eigenvalue weighted by Crippen LogP contribution is 2.13. The Kier molecular flexibility index (Phi) is 6.37. The molecule has 0 aliphatic rings. The fraction of sp³-hybridized carbons (Fsp3) is 0.500. The molecule has 0 aliphatic carbocycles. The average Bonchev–Trinajstić information content (AvgIpc) is 2.42. The summed E-state index contributed by atoms with van der Waals surface area (Å²) in [4.78, 5) is 23.5. The van der Waals surface area contributed by atoms with Gasteiger partial charge in [-0.2, -0.15) is 0 Å². The molecule has 0 spiro atoms. The number of anilines is 1. The van der Waals surface area contributed by atoms with Crippen molar-refractivity contribution in [2.75, 3.05) is 18.5 Å². The molecule has 2 amide bonds. The number of nitrogens with one attached hydrogen (secondary N) is 2. The number of aryl methyl sites for hydroxylation is 1. The monoisotopic (exact) mass is 292 g/mol. The maximum absolute atomic E-state index is 11.8. The third-order valence-corrected chi connectivity index (χ3v) is 2.92. The van der Waals surface area contributed by atoms with Crippen LogP contribution in [0.2, 0.25) is 0 Å². The van der Waals surface area contributed by atoms with Crippen LogP contribution in [0, 0.1) is 5.41 Å². The minimum absolute atomic E-state index is 0.0447. The lowest BCUT2D eigenvalue weighted by molar-refractivity contribution is -0.130. The SMILES string of the molecule is CC(C)(C)C(=O)NCC(=O)Nc1cccc(CCCO)c1. The van der Waals surface area contributed by atoms with Crippen LogP contribution >= 0.6 is 0 Å². The normalized spacial score (nSPS) is 11.0. The van der Waals surface area contributed by atoms with Crippen LogP contribution < -0.4 is 10.6 Å². The van der Waals surface area contributed by atoms with Crippen molar-refractivity contribution >= 4 is 17.5 Å². The first-order chi connectivity index (χ1) is 9.82. The van der Waals surface area contributed by atoms with Gasteiger partial charge >= 0.3 is 0 Å². The summed E-state index contributed by atoms with van der Waals surface area (Å²) in [6.45, 7) is 5.49. The van der Waals surface area contributed by atoms with Gasteiger partial charge < -0.3 is 15.7 Å². The molecule has 0 bridgehead atoms. The Morgan fingerprint density at radius 1 is 1.24 bits per heavy atom. The molecule has 0 saturated heterocycles. The van der Waals surface area contributed by atoms with Gasteiger partial charge in [-0.1, -0.05) is 32.9 Å². The Morgan fingerprint density at radius 2 is 1.95 bits per heavy atom. The first kappa shape index (κ1) is 17.2. The van der Waals surface area contributed by atoms with Gasteiger partial charge in [0, 0.05) is 17.7 Å². The van der Waals surface area contributed by atoms with Crippen molar-refractivity contribution in [1.82, 2.24) is 5.32 Å². The number of hydrogen-bond donors (Lipinski definition) is 3. The van der Waals surface area contributed by atoms with Gasteiger partial charge in [0.05, 0.1) is 6.54 Å². The lowest BCUT2D eigenvalue weighted by Crippen LogP contribution is -2.39. The summed E-state index contributed by atoms with van der Waals surface area (Å²) in [5, 5.41) is 14.2. The average molecular weight is 292 g/mol. The van der Waals surface area contributed by atoms with Crippen molar-refractivity contribution in [1.29, 1.82) is 0 Å². The van der Waals surface area contributed by atoms with Crippen LogP contribution in [0.3, 0.4) is 0 Å². The van der Waals surface area contributed by atoms with E-state index in [4.69, 9.17) is 5.11 Å². The molecule has 0 aliphatic heterocycles. The highest BCUT2D eigenvalue weighted by atomic mass is 16.3. The molecule has 0 unspecified atom stereocenters. The molecule has 116 valence electrons. The van der Waals surface area contributed by atoms with Crippen LogP contribution in [0.1, 0.15) is 32.8 Å². The van der Waals surface area contributed by atoms with E-state index in [1.807, 2.05) is 18.2 Å². The van der Waals surface area contributed by atoms with Crippen LogP contribution in [0.5, 0.6) is 0 Å². The maximum Gasteiger partial charge on any atom is 0.243 e. The lowest BCUT2D eigenvalue weighted by Gasteiger charge is -2.17. The molecular formula is C16H24N2O3. The van der Waals surface area contributed by atoms with E-state index in [2.05, 4.69) is 10.6 Å². The zero-order valence-corrected chi connectivity index (χ0v) is 12.9. The minimum atomic E-state index is -0.509. The number of aliphatic hydroxyl groups excluding tert-OH is 1. The molecule has 5 nitrogen and oxygen atoms in total. The van der Waals surface area contributed by atoms with Crippen LogP contribution in [0.15, 0.2) is 24.3 Å². The second kappa shape index (κ2) is 7.78. The number of benzene rings is 1. The highest BCUT2D eigenvalue weighted by Gasteiger charge is 2.21. The Balaban J connectivity index is 2.49. The number of carbonyl (C=O) groups excluding carboxylic acids is 2. The molecule has 5 heteroatoms. The molecule has 1 aromatic carbocycles. The van der Waals surface area contributed by atoms with Crippen LogP contribution in [-0.2, 0) is 16.0 Å². The minimum Gasteiger partial charge on any atom is -0.396 e. The van der Waals surface area contributed by atoms with Crippen molar-refractivity contribution in [2.24, 2.45) is 5.41 Å².